The number of hydrogen-bond donors (Lipinski definition) is 0. The highest BCUT2D eigenvalue weighted by Gasteiger charge is 2.20. The van der Waals surface area contributed by atoms with Crippen molar-refractivity contribution in [1.82, 2.24) is 4.98 Å². The van der Waals surface area contributed by atoms with Crippen LogP contribution in [-0.4, -0.2) is 47.1 Å². The molecule has 150 valence electrons. The van der Waals surface area contributed by atoms with Crippen molar-refractivity contribution in [3.63, 3.8) is 0 Å². The molecule has 8 nitrogen and oxygen atoms in total. The fourth-order valence-electron chi connectivity index (χ4n) is 1.85. The van der Waals surface area contributed by atoms with Crippen LogP contribution in [-0.2, 0) is 19.1 Å². The van der Waals surface area contributed by atoms with Crippen LogP contribution in [0.3, 0.4) is 0 Å². The summed E-state index contributed by atoms with van der Waals surface area (Å²) in [5.74, 6) is -1.23. The number of nitrogens with zero attached hydrogens (tertiary/aromatic N) is 1. The van der Waals surface area contributed by atoms with E-state index in [-0.39, 0.29) is 36.2 Å². The Morgan fingerprint density at radius 1 is 0.852 bits per heavy atom. The number of aromatic nitrogens is 1. The predicted molar refractivity (Wildman–Crippen MR) is 96.9 cm³/mol. The lowest BCUT2D eigenvalue weighted by molar-refractivity contribution is -0.158. The largest absolute Gasteiger partial charge is 0.478 e. The maximum atomic E-state index is 11.8. The topological polar surface area (TPSA) is 101 Å². The Kier molecular flexibility index (Phi) is 7.33. The molecule has 0 fully saturated rings. The average molecular weight is 381 g/mol. The van der Waals surface area contributed by atoms with Crippen molar-refractivity contribution in [1.29, 1.82) is 0 Å². The van der Waals surface area contributed by atoms with Crippen molar-refractivity contribution in [2.45, 2.75) is 59.7 Å². The molecule has 0 unspecified atom stereocenters. The fourth-order valence-corrected chi connectivity index (χ4v) is 1.85. The fraction of sp³-hybridized carbons (Fsp3) is 0.579. The van der Waals surface area contributed by atoms with Crippen LogP contribution in [0.2, 0.25) is 0 Å². The molecule has 1 heterocycles. The Balaban J connectivity index is 2.86. The van der Waals surface area contributed by atoms with E-state index in [2.05, 4.69) is 4.98 Å². The molecule has 0 saturated heterocycles. The molecule has 1 aromatic heterocycles. The van der Waals surface area contributed by atoms with Crippen LogP contribution >= 0.6 is 0 Å². The second kappa shape index (κ2) is 8.83. The monoisotopic (exact) mass is 381 g/mol. The number of ketones is 1. The molecule has 0 atom stereocenters. The van der Waals surface area contributed by atoms with E-state index in [1.165, 1.54) is 19.2 Å². The highest BCUT2D eigenvalue weighted by molar-refractivity contribution is 5.92. The lowest BCUT2D eigenvalue weighted by Gasteiger charge is -2.20. The second-order valence-electron chi connectivity index (χ2n) is 7.82. The van der Waals surface area contributed by atoms with E-state index >= 15 is 0 Å². The number of carbonyl (C=O) groups excluding carboxylic acids is 3. The van der Waals surface area contributed by atoms with Gasteiger partial charge in [-0.15, -0.1) is 0 Å². The quantitative estimate of drug-likeness (QED) is 0.525. The van der Waals surface area contributed by atoms with Gasteiger partial charge in [-0.1, -0.05) is 0 Å². The van der Waals surface area contributed by atoms with E-state index in [4.69, 9.17) is 18.9 Å². The van der Waals surface area contributed by atoms with Crippen LogP contribution in [0.25, 0.3) is 0 Å². The van der Waals surface area contributed by atoms with Gasteiger partial charge in [0.25, 0.3) is 0 Å². The first kappa shape index (κ1) is 22.4. The van der Waals surface area contributed by atoms with E-state index in [1.807, 2.05) is 0 Å². The van der Waals surface area contributed by atoms with Gasteiger partial charge in [0.05, 0.1) is 6.20 Å². The maximum Gasteiger partial charge on any atom is 0.344 e. The van der Waals surface area contributed by atoms with Crippen LogP contribution in [0.1, 0.15) is 59.0 Å². The summed E-state index contributed by atoms with van der Waals surface area (Å²) in [6.45, 7) is 11.0. The first-order chi connectivity index (χ1) is 12.3. The van der Waals surface area contributed by atoms with E-state index < -0.39 is 23.1 Å². The molecule has 0 aliphatic rings. The maximum absolute atomic E-state index is 11.8. The van der Waals surface area contributed by atoms with Gasteiger partial charge in [0.2, 0.25) is 0 Å². The molecule has 0 amide bonds. The van der Waals surface area contributed by atoms with Crippen molar-refractivity contribution in [3.05, 3.63) is 18.0 Å². The van der Waals surface area contributed by atoms with Gasteiger partial charge < -0.3 is 18.9 Å². The van der Waals surface area contributed by atoms with Crippen LogP contribution in [0.5, 0.6) is 11.5 Å². The van der Waals surface area contributed by atoms with Crippen LogP contribution < -0.4 is 9.47 Å². The zero-order valence-corrected chi connectivity index (χ0v) is 16.9. The lowest BCUT2D eigenvalue weighted by atomic mass is 10.2. The summed E-state index contributed by atoms with van der Waals surface area (Å²) in [6, 6.07) is 1.34. The zero-order valence-electron chi connectivity index (χ0n) is 16.9. The summed E-state index contributed by atoms with van der Waals surface area (Å²) in [5, 5.41) is 0. The Hall–Kier alpha value is -2.64. The smallest absolute Gasteiger partial charge is 0.344 e. The summed E-state index contributed by atoms with van der Waals surface area (Å²) in [4.78, 5) is 39.1. The molecule has 27 heavy (non-hydrogen) atoms. The van der Waals surface area contributed by atoms with Gasteiger partial charge in [-0.25, -0.2) is 14.6 Å². The molecule has 1 aromatic rings. The van der Waals surface area contributed by atoms with E-state index in [1.54, 1.807) is 41.5 Å². The third-order valence-electron chi connectivity index (χ3n) is 2.72. The summed E-state index contributed by atoms with van der Waals surface area (Å²) in [6.07, 6.45) is 1.26. The molecule has 0 spiro atoms. The average Bonchev–Trinajstić information content (AvgIpc) is 2.47. The van der Waals surface area contributed by atoms with Gasteiger partial charge >= 0.3 is 11.9 Å². The number of rotatable bonds is 7. The van der Waals surface area contributed by atoms with E-state index in [9.17, 15) is 14.4 Å². The van der Waals surface area contributed by atoms with Crippen molar-refractivity contribution in [3.8, 4) is 11.5 Å². The zero-order chi connectivity index (χ0) is 20.8. The Morgan fingerprint density at radius 2 is 1.30 bits per heavy atom. The Bertz CT molecular complexity index is 699. The first-order valence-corrected chi connectivity index (χ1v) is 8.47. The van der Waals surface area contributed by atoms with Crippen molar-refractivity contribution < 1.29 is 33.3 Å². The number of carbonyl (C=O) groups is 3. The van der Waals surface area contributed by atoms with Crippen molar-refractivity contribution >= 4 is 17.7 Å². The third-order valence-corrected chi connectivity index (χ3v) is 2.72. The summed E-state index contributed by atoms with van der Waals surface area (Å²) in [7, 11) is 0. The molecule has 0 aliphatic carbocycles. The number of esters is 2. The van der Waals surface area contributed by atoms with Gasteiger partial charge in [-0.05, 0) is 41.5 Å². The summed E-state index contributed by atoms with van der Waals surface area (Å²) in [5.41, 5.74) is -1.16. The van der Waals surface area contributed by atoms with Crippen molar-refractivity contribution in [2.75, 3.05) is 13.2 Å². The van der Waals surface area contributed by atoms with Crippen LogP contribution in [0.4, 0.5) is 0 Å². The molecule has 1 rings (SSSR count). The minimum atomic E-state index is -0.653. The number of ether oxygens (including phenoxy) is 4. The summed E-state index contributed by atoms with van der Waals surface area (Å²) >= 11 is 0. The Morgan fingerprint density at radius 3 is 1.70 bits per heavy atom. The number of hydrogen-bond acceptors (Lipinski definition) is 8. The second-order valence-corrected chi connectivity index (χ2v) is 7.82. The van der Waals surface area contributed by atoms with E-state index in [0.29, 0.717) is 0 Å². The normalized spacial score (nSPS) is 11.5. The first-order valence-electron chi connectivity index (χ1n) is 8.47. The number of Topliss-reactive ketones (excluding diaryl/α,β-unsaturated/α-hetero) is 1. The molecule has 0 N–H and O–H groups in total. The summed E-state index contributed by atoms with van der Waals surface area (Å²) < 4.78 is 21.1. The highest BCUT2D eigenvalue weighted by atomic mass is 16.6. The Labute approximate surface area is 159 Å². The highest BCUT2D eigenvalue weighted by Crippen LogP contribution is 2.27. The molecule has 0 bridgehead atoms. The molecule has 8 heteroatoms. The van der Waals surface area contributed by atoms with Gasteiger partial charge in [0.15, 0.2) is 30.5 Å². The van der Waals surface area contributed by atoms with Crippen LogP contribution in [0.15, 0.2) is 12.3 Å². The van der Waals surface area contributed by atoms with Gasteiger partial charge in [0.1, 0.15) is 16.9 Å². The van der Waals surface area contributed by atoms with Gasteiger partial charge in [-0.2, -0.15) is 0 Å². The molecule has 0 radical (unpaired) electrons. The number of pyridine rings is 1. The standard InChI is InChI=1S/C19H27NO7/c1-12(21)13-8-14(24-10-16(22)26-18(2,3)4)15(9-20-13)25-11-17(23)27-19(5,6)7/h8-9H,10-11H2,1-7H3. The van der Waals surface area contributed by atoms with Gasteiger partial charge in [-0.3, -0.25) is 4.79 Å². The third kappa shape index (κ3) is 9.03. The molecular weight excluding hydrogens is 354 g/mol. The minimum absolute atomic E-state index is 0.101. The molecule has 0 aromatic carbocycles. The van der Waals surface area contributed by atoms with E-state index in [0.717, 1.165) is 0 Å². The molecule has 0 saturated carbocycles. The minimum Gasteiger partial charge on any atom is -0.478 e. The SMILES string of the molecule is CC(=O)c1cc(OCC(=O)OC(C)(C)C)c(OCC(=O)OC(C)(C)C)cn1. The molecule has 0 aliphatic heterocycles. The predicted octanol–water partition coefficient (Wildman–Crippen LogP) is 2.73. The van der Waals surface area contributed by atoms with Crippen molar-refractivity contribution in [2.24, 2.45) is 0 Å². The van der Waals surface area contributed by atoms with Crippen LogP contribution in [0, 0.1) is 0 Å². The van der Waals surface area contributed by atoms with Gasteiger partial charge in [0, 0.05) is 13.0 Å². The lowest BCUT2D eigenvalue weighted by Crippen LogP contribution is -2.28. The molecular formula is C19H27NO7.